The molecule has 0 aliphatic carbocycles. The topological polar surface area (TPSA) is 134 Å². The maximum atomic E-state index is 12.5. The second kappa shape index (κ2) is 17.6. The summed E-state index contributed by atoms with van der Waals surface area (Å²) >= 11 is 0. The number of amides is 3. The molecule has 2 aromatic carbocycles. The Hall–Kier alpha value is -3.79. The van der Waals surface area contributed by atoms with Gasteiger partial charge in [0.2, 0.25) is 0 Å². The smallest absolute Gasteiger partial charge is 0.410 e. The van der Waals surface area contributed by atoms with Gasteiger partial charge in [-0.2, -0.15) is 0 Å². The monoisotopic (exact) mass is 514 g/mol. The Morgan fingerprint density at radius 2 is 1.24 bits per heavy atom. The molecule has 10 nitrogen and oxygen atoms in total. The highest BCUT2D eigenvalue weighted by molar-refractivity contribution is 5.68. The van der Waals surface area contributed by atoms with Crippen molar-refractivity contribution in [2.45, 2.75) is 38.9 Å². The van der Waals surface area contributed by atoms with Crippen molar-refractivity contribution in [1.82, 2.24) is 15.1 Å². The first kappa shape index (κ1) is 29.4. The summed E-state index contributed by atoms with van der Waals surface area (Å²) in [7, 11) is 0. The third-order valence-corrected chi connectivity index (χ3v) is 5.56. The number of hydrogen-bond donors (Lipinski definition) is 3. The number of nitrogens with two attached hydrogens (primary N) is 1. The van der Waals surface area contributed by atoms with Gasteiger partial charge in [0.1, 0.15) is 13.2 Å². The number of carboxylic acid groups (broad SMARTS) is 1. The Balaban J connectivity index is 1.65. The Morgan fingerprint density at radius 3 is 1.81 bits per heavy atom. The van der Waals surface area contributed by atoms with Crippen LogP contribution in [-0.4, -0.2) is 72.5 Å². The molecule has 2 aromatic rings. The van der Waals surface area contributed by atoms with Crippen molar-refractivity contribution in [2.24, 2.45) is 5.73 Å². The quantitative estimate of drug-likeness (QED) is 0.288. The second-order valence-corrected chi connectivity index (χ2v) is 8.49. The van der Waals surface area contributed by atoms with Gasteiger partial charge in [-0.05, 0) is 43.4 Å². The average Bonchev–Trinajstić information content (AvgIpc) is 2.92. The lowest BCUT2D eigenvalue weighted by atomic mass is 10.2. The number of hydrogen-bond acceptors (Lipinski definition) is 6. The number of carbonyl (C=O) groups is 3. The number of alkyl carbamates (subject to hydrolysis) is 1. The number of carbonyl (C=O) groups excluding carboxylic acids is 2. The van der Waals surface area contributed by atoms with E-state index < -0.39 is 18.3 Å². The molecule has 0 unspecified atom stereocenters. The fourth-order valence-corrected chi connectivity index (χ4v) is 3.53. The molecule has 0 fully saturated rings. The summed E-state index contributed by atoms with van der Waals surface area (Å²) in [6.07, 6.45) is 0.362. The zero-order valence-electron chi connectivity index (χ0n) is 21.2. The number of nitrogens with zero attached hydrogens (tertiary/aromatic N) is 2. The molecule has 0 saturated heterocycles. The molecule has 0 spiro atoms. The van der Waals surface area contributed by atoms with Crippen molar-refractivity contribution in [3.05, 3.63) is 71.8 Å². The van der Waals surface area contributed by atoms with Gasteiger partial charge in [0.05, 0.1) is 0 Å². The van der Waals surface area contributed by atoms with Gasteiger partial charge in [-0.3, -0.25) is 0 Å². The summed E-state index contributed by atoms with van der Waals surface area (Å²) in [6, 6.07) is 18.8. The third kappa shape index (κ3) is 12.6. The van der Waals surface area contributed by atoms with Crippen LogP contribution >= 0.6 is 0 Å². The molecule has 3 amide bonds. The van der Waals surface area contributed by atoms with Gasteiger partial charge >= 0.3 is 18.3 Å². The van der Waals surface area contributed by atoms with E-state index >= 15 is 0 Å². The lowest BCUT2D eigenvalue weighted by Gasteiger charge is -2.23. The van der Waals surface area contributed by atoms with Crippen LogP contribution in [0.1, 0.15) is 36.8 Å². The number of benzene rings is 2. The molecular weight excluding hydrogens is 476 g/mol. The van der Waals surface area contributed by atoms with Gasteiger partial charge < -0.3 is 35.4 Å². The molecule has 0 aliphatic rings. The first-order valence-corrected chi connectivity index (χ1v) is 12.6. The van der Waals surface area contributed by atoms with Crippen LogP contribution in [0, 0.1) is 0 Å². The summed E-state index contributed by atoms with van der Waals surface area (Å²) in [6.45, 7) is 2.69. The van der Waals surface area contributed by atoms with Crippen LogP contribution < -0.4 is 11.1 Å². The van der Waals surface area contributed by atoms with Crippen molar-refractivity contribution < 1.29 is 29.0 Å². The molecule has 0 aliphatic heterocycles. The third-order valence-electron chi connectivity index (χ3n) is 5.56. The molecule has 4 N–H and O–H groups in total. The van der Waals surface area contributed by atoms with E-state index in [1.54, 1.807) is 4.90 Å². The number of ether oxygens (including phenoxy) is 2. The molecule has 2 rings (SSSR count). The predicted molar refractivity (Wildman–Crippen MR) is 140 cm³/mol. The molecule has 0 saturated carbocycles. The maximum Gasteiger partial charge on any atom is 0.410 e. The van der Waals surface area contributed by atoms with Gasteiger partial charge in [-0.25, -0.2) is 14.4 Å². The lowest BCUT2D eigenvalue weighted by Crippen LogP contribution is -2.36. The minimum absolute atomic E-state index is 0.177. The Kier molecular flexibility index (Phi) is 14.0. The highest BCUT2D eigenvalue weighted by Crippen LogP contribution is 2.07. The van der Waals surface area contributed by atoms with E-state index in [0.717, 1.165) is 11.1 Å². The fourth-order valence-electron chi connectivity index (χ4n) is 3.53. The van der Waals surface area contributed by atoms with Gasteiger partial charge in [-0.15, -0.1) is 0 Å². The second-order valence-electron chi connectivity index (χ2n) is 8.49. The lowest BCUT2D eigenvalue weighted by molar-refractivity contribution is 0.0944. The summed E-state index contributed by atoms with van der Waals surface area (Å²) in [5, 5.41) is 12.1. The highest BCUT2D eigenvalue weighted by Gasteiger charge is 2.16. The van der Waals surface area contributed by atoms with Crippen LogP contribution in [-0.2, 0) is 22.7 Å². The van der Waals surface area contributed by atoms with E-state index in [2.05, 4.69) is 5.32 Å². The number of unbranched alkanes of at least 4 members (excludes halogenated alkanes) is 1. The van der Waals surface area contributed by atoms with Crippen LogP contribution in [0.5, 0.6) is 0 Å². The molecule has 0 bridgehead atoms. The normalized spacial score (nSPS) is 10.4. The molecular formula is C27H38N4O6. The molecule has 37 heavy (non-hydrogen) atoms. The standard InChI is InChI=1S/C27H38N4O6/c28-15-9-19-31(27(35)37-22-24-13-5-2-6-14-24)18-8-7-17-30(26(33)34)20-10-16-29-25(32)36-21-23-11-3-1-4-12-23/h1-6,11-14H,7-10,15-22,28H2,(H,29,32)(H,33,34). The summed E-state index contributed by atoms with van der Waals surface area (Å²) < 4.78 is 10.6. The molecule has 202 valence electrons. The molecule has 0 radical (unpaired) electrons. The highest BCUT2D eigenvalue weighted by atomic mass is 16.6. The van der Waals surface area contributed by atoms with Crippen molar-refractivity contribution in [3.63, 3.8) is 0 Å². The fraction of sp³-hybridized carbons (Fsp3) is 0.444. The predicted octanol–water partition coefficient (Wildman–Crippen LogP) is 4.05. The number of nitrogens with one attached hydrogen (secondary N) is 1. The number of rotatable bonds is 16. The van der Waals surface area contributed by atoms with E-state index in [1.165, 1.54) is 4.90 Å². The van der Waals surface area contributed by atoms with E-state index in [9.17, 15) is 19.5 Å². The van der Waals surface area contributed by atoms with Crippen molar-refractivity contribution in [2.75, 3.05) is 39.3 Å². The van der Waals surface area contributed by atoms with Crippen LogP contribution in [0.2, 0.25) is 0 Å². The van der Waals surface area contributed by atoms with Gasteiger partial charge in [0.15, 0.2) is 0 Å². The molecule has 10 heteroatoms. The zero-order chi connectivity index (χ0) is 26.7. The summed E-state index contributed by atoms with van der Waals surface area (Å²) in [5.74, 6) is 0. The Labute approximate surface area is 218 Å². The maximum absolute atomic E-state index is 12.5. The molecule has 0 aromatic heterocycles. The largest absolute Gasteiger partial charge is 0.465 e. The van der Waals surface area contributed by atoms with Crippen LogP contribution in [0.4, 0.5) is 14.4 Å². The molecule has 0 atom stereocenters. The minimum atomic E-state index is -1.02. The average molecular weight is 515 g/mol. The van der Waals surface area contributed by atoms with Crippen molar-refractivity contribution in [3.8, 4) is 0 Å². The van der Waals surface area contributed by atoms with Crippen LogP contribution in [0.25, 0.3) is 0 Å². The molecule has 0 heterocycles. The summed E-state index contributed by atoms with van der Waals surface area (Å²) in [4.78, 5) is 38.9. The zero-order valence-corrected chi connectivity index (χ0v) is 21.2. The van der Waals surface area contributed by atoms with Crippen molar-refractivity contribution in [1.29, 1.82) is 0 Å². The minimum Gasteiger partial charge on any atom is -0.465 e. The first-order valence-electron chi connectivity index (χ1n) is 12.6. The summed E-state index contributed by atoms with van der Waals surface area (Å²) in [5.41, 5.74) is 7.40. The SMILES string of the molecule is NCCCN(CCCCN(CCCNC(=O)OCc1ccccc1)C(=O)O)C(=O)OCc1ccccc1. The van der Waals surface area contributed by atoms with E-state index in [1.807, 2.05) is 60.7 Å². The Morgan fingerprint density at radius 1 is 0.730 bits per heavy atom. The van der Waals surface area contributed by atoms with E-state index in [4.69, 9.17) is 15.2 Å². The van der Waals surface area contributed by atoms with Crippen molar-refractivity contribution >= 4 is 18.3 Å². The Bertz CT molecular complexity index is 929. The van der Waals surface area contributed by atoms with Gasteiger partial charge in [-0.1, -0.05) is 60.7 Å². The van der Waals surface area contributed by atoms with E-state index in [0.29, 0.717) is 58.4 Å². The van der Waals surface area contributed by atoms with Gasteiger partial charge in [0, 0.05) is 32.7 Å². The van der Waals surface area contributed by atoms with E-state index in [-0.39, 0.29) is 19.8 Å². The van der Waals surface area contributed by atoms with Crippen LogP contribution in [0.3, 0.4) is 0 Å². The van der Waals surface area contributed by atoms with Gasteiger partial charge in [0.25, 0.3) is 0 Å². The first-order chi connectivity index (χ1) is 18.0. The van der Waals surface area contributed by atoms with Crippen LogP contribution in [0.15, 0.2) is 60.7 Å².